The Hall–Kier alpha value is -4.13. The third-order valence-corrected chi connectivity index (χ3v) is 5.54. The molecule has 3 aromatic carbocycles. The summed E-state index contributed by atoms with van der Waals surface area (Å²) in [6, 6.07) is 19.7. The van der Waals surface area contributed by atoms with E-state index in [9.17, 15) is 14.7 Å². The molecule has 168 valence electrons. The van der Waals surface area contributed by atoms with Crippen LogP contribution in [0.5, 0.6) is 5.75 Å². The highest BCUT2D eigenvalue weighted by Gasteiger charge is 2.19. The monoisotopic (exact) mass is 446 g/mol. The molecular formula is C26H23FN2O4. The van der Waals surface area contributed by atoms with Crippen LogP contribution in [0.25, 0.3) is 10.9 Å². The fraction of sp³-hybridized carbons (Fsp3) is 0.154. The van der Waals surface area contributed by atoms with Gasteiger partial charge < -0.3 is 19.3 Å². The average Bonchev–Trinajstić information content (AvgIpc) is 2.81. The van der Waals surface area contributed by atoms with Gasteiger partial charge in [0.1, 0.15) is 17.1 Å². The highest BCUT2D eigenvalue weighted by Crippen LogP contribution is 2.27. The molecule has 1 aromatic heterocycles. The molecule has 0 spiro atoms. The number of anilines is 1. The molecule has 0 saturated heterocycles. The zero-order valence-electron chi connectivity index (χ0n) is 18.3. The minimum Gasteiger partial charge on any atom is -0.497 e. The van der Waals surface area contributed by atoms with Crippen molar-refractivity contribution in [3.63, 3.8) is 0 Å². The van der Waals surface area contributed by atoms with Crippen LogP contribution in [0.3, 0.4) is 0 Å². The van der Waals surface area contributed by atoms with Crippen molar-refractivity contribution in [2.45, 2.75) is 13.1 Å². The number of hydrogen-bond acceptors (Lipinski definition) is 4. The number of pyridine rings is 1. The summed E-state index contributed by atoms with van der Waals surface area (Å²) in [7, 11) is 3.35. The van der Waals surface area contributed by atoms with Crippen molar-refractivity contribution in [2.24, 2.45) is 0 Å². The molecule has 0 atom stereocenters. The van der Waals surface area contributed by atoms with Crippen LogP contribution in [0.15, 0.2) is 77.7 Å². The first kappa shape index (κ1) is 22.1. The lowest BCUT2D eigenvalue weighted by Gasteiger charge is -2.22. The molecule has 0 fully saturated rings. The lowest BCUT2D eigenvalue weighted by Crippen LogP contribution is -2.21. The largest absolute Gasteiger partial charge is 0.497 e. The number of ether oxygens (including phenoxy) is 1. The van der Waals surface area contributed by atoms with E-state index in [1.54, 1.807) is 29.7 Å². The Morgan fingerprint density at radius 3 is 2.48 bits per heavy atom. The number of carboxylic acids is 1. The molecule has 0 amide bonds. The van der Waals surface area contributed by atoms with Gasteiger partial charge in [0.05, 0.1) is 18.3 Å². The van der Waals surface area contributed by atoms with Gasteiger partial charge in [-0.3, -0.25) is 4.79 Å². The normalized spacial score (nSPS) is 10.9. The summed E-state index contributed by atoms with van der Waals surface area (Å²) in [6.07, 6.45) is 1.32. The fourth-order valence-corrected chi connectivity index (χ4v) is 3.89. The number of benzene rings is 3. The molecular weight excluding hydrogens is 423 g/mol. The van der Waals surface area contributed by atoms with Crippen LogP contribution in [-0.2, 0) is 13.1 Å². The Bertz CT molecular complexity index is 1380. The van der Waals surface area contributed by atoms with Gasteiger partial charge in [0, 0.05) is 31.7 Å². The molecule has 0 aliphatic rings. The van der Waals surface area contributed by atoms with Gasteiger partial charge in [0.2, 0.25) is 5.43 Å². The highest BCUT2D eigenvalue weighted by atomic mass is 19.1. The minimum absolute atomic E-state index is 0.0295. The zero-order chi connectivity index (χ0) is 23.5. The first-order valence-corrected chi connectivity index (χ1v) is 10.4. The van der Waals surface area contributed by atoms with E-state index in [2.05, 4.69) is 0 Å². The van der Waals surface area contributed by atoms with Crippen LogP contribution in [0.4, 0.5) is 10.1 Å². The third kappa shape index (κ3) is 4.57. The second kappa shape index (κ2) is 9.16. The van der Waals surface area contributed by atoms with E-state index in [0.717, 1.165) is 17.2 Å². The van der Waals surface area contributed by atoms with E-state index < -0.39 is 22.8 Å². The Morgan fingerprint density at radius 2 is 1.79 bits per heavy atom. The molecule has 1 N–H and O–H groups in total. The van der Waals surface area contributed by atoms with E-state index in [-0.39, 0.29) is 5.39 Å². The fourth-order valence-electron chi connectivity index (χ4n) is 3.89. The van der Waals surface area contributed by atoms with E-state index >= 15 is 4.39 Å². The maximum absolute atomic E-state index is 15.1. The summed E-state index contributed by atoms with van der Waals surface area (Å²) >= 11 is 0. The van der Waals surface area contributed by atoms with Crippen molar-refractivity contribution in [1.82, 2.24) is 4.57 Å². The molecule has 0 bridgehead atoms. The molecule has 33 heavy (non-hydrogen) atoms. The van der Waals surface area contributed by atoms with Gasteiger partial charge in [0.15, 0.2) is 0 Å². The molecule has 1 heterocycles. The van der Waals surface area contributed by atoms with Gasteiger partial charge in [-0.1, -0.05) is 42.5 Å². The summed E-state index contributed by atoms with van der Waals surface area (Å²) in [5.41, 5.74) is 1.52. The lowest BCUT2D eigenvalue weighted by atomic mass is 10.1. The zero-order valence-corrected chi connectivity index (χ0v) is 18.3. The number of carbonyl (C=O) groups is 1. The van der Waals surface area contributed by atoms with Gasteiger partial charge in [-0.05, 0) is 35.4 Å². The van der Waals surface area contributed by atoms with Crippen molar-refractivity contribution in [1.29, 1.82) is 0 Å². The van der Waals surface area contributed by atoms with Crippen molar-refractivity contribution >= 4 is 22.6 Å². The van der Waals surface area contributed by atoms with Crippen LogP contribution < -0.4 is 15.1 Å². The van der Waals surface area contributed by atoms with Crippen LogP contribution in [0, 0.1) is 5.82 Å². The second-order valence-electron chi connectivity index (χ2n) is 7.82. The molecule has 0 aliphatic heterocycles. The first-order valence-electron chi connectivity index (χ1n) is 10.4. The second-order valence-corrected chi connectivity index (χ2v) is 7.82. The van der Waals surface area contributed by atoms with Crippen molar-refractivity contribution in [3.05, 3.63) is 106 Å². The first-order chi connectivity index (χ1) is 15.9. The molecule has 4 rings (SSSR count). The number of aromatic nitrogens is 1. The molecule has 7 heteroatoms. The third-order valence-electron chi connectivity index (χ3n) is 5.54. The lowest BCUT2D eigenvalue weighted by molar-refractivity contribution is 0.0695. The van der Waals surface area contributed by atoms with Gasteiger partial charge >= 0.3 is 5.97 Å². The van der Waals surface area contributed by atoms with E-state index in [1.165, 1.54) is 6.20 Å². The topological polar surface area (TPSA) is 71.8 Å². The van der Waals surface area contributed by atoms with Crippen molar-refractivity contribution < 1.29 is 19.0 Å². The Balaban J connectivity index is 1.82. The van der Waals surface area contributed by atoms with Gasteiger partial charge in [0.25, 0.3) is 0 Å². The van der Waals surface area contributed by atoms with E-state index in [0.29, 0.717) is 30.0 Å². The maximum atomic E-state index is 15.1. The standard InChI is InChI=1S/C26H23FN2O4/c1-28(14-18-9-6-10-19(11-18)33-2)24-13-23-20(12-22(24)27)25(30)21(26(31)32)16-29(23)15-17-7-4-3-5-8-17/h3-13,16H,14-15H2,1-2H3,(H,31,32). The number of nitrogens with zero attached hydrogens (tertiary/aromatic N) is 2. The molecule has 0 unspecified atom stereocenters. The predicted molar refractivity (Wildman–Crippen MR) is 126 cm³/mol. The number of fused-ring (bicyclic) bond motifs is 1. The maximum Gasteiger partial charge on any atom is 0.341 e. The van der Waals surface area contributed by atoms with Crippen molar-refractivity contribution in [3.8, 4) is 5.75 Å². The number of methoxy groups -OCH3 is 1. The summed E-state index contributed by atoms with van der Waals surface area (Å²) in [5.74, 6) is -1.24. The minimum atomic E-state index is -1.34. The quantitative estimate of drug-likeness (QED) is 0.452. The summed E-state index contributed by atoms with van der Waals surface area (Å²) < 4.78 is 22.1. The van der Waals surface area contributed by atoms with Gasteiger partial charge in [-0.25, -0.2) is 9.18 Å². The smallest absolute Gasteiger partial charge is 0.341 e. The summed E-state index contributed by atoms with van der Waals surface area (Å²) in [4.78, 5) is 26.2. The molecule has 0 saturated carbocycles. The summed E-state index contributed by atoms with van der Waals surface area (Å²) in [5, 5.41) is 9.54. The van der Waals surface area contributed by atoms with Crippen LogP contribution >= 0.6 is 0 Å². The number of hydrogen-bond donors (Lipinski definition) is 1. The predicted octanol–water partition coefficient (Wildman–Crippen LogP) is 4.53. The van der Waals surface area contributed by atoms with E-state index in [4.69, 9.17) is 4.74 Å². The number of aromatic carboxylic acids is 1. The average molecular weight is 446 g/mol. The molecule has 0 radical (unpaired) electrons. The Labute approximate surface area is 190 Å². The molecule has 0 aliphatic carbocycles. The van der Waals surface area contributed by atoms with Crippen LogP contribution in [0.2, 0.25) is 0 Å². The van der Waals surface area contributed by atoms with Crippen LogP contribution in [0.1, 0.15) is 21.5 Å². The number of carboxylic acid groups (broad SMARTS) is 1. The Morgan fingerprint density at radius 1 is 1.06 bits per heavy atom. The Kier molecular flexibility index (Phi) is 6.13. The number of rotatable bonds is 7. The van der Waals surface area contributed by atoms with Crippen molar-refractivity contribution in [2.75, 3.05) is 19.1 Å². The molecule has 4 aromatic rings. The van der Waals surface area contributed by atoms with E-state index in [1.807, 2.05) is 54.6 Å². The number of halogens is 1. The summed E-state index contributed by atoms with van der Waals surface area (Å²) in [6.45, 7) is 0.748. The highest BCUT2D eigenvalue weighted by molar-refractivity contribution is 5.93. The molecule has 6 nitrogen and oxygen atoms in total. The SMILES string of the molecule is COc1cccc(CN(C)c2cc3c(cc2F)c(=O)c(C(=O)O)cn3Cc2ccccc2)c1. The van der Waals surface area contributed by atoms with Crippen LogP contribution in [-0.4, -0.2) is 29.8 Å². The van der Waals surface area contributed by atoms with Gasteiger partial charge in [-0.2, -0.15) is 0 Å². The van der Waals surface area contributed by atoms with Gasteiger partial charge in [-0.15, -0.1) is 0 Å².